The Balaban J connectivity index is 2.98. The largest absolute Gasteiger partial charge is 0.394 e. The number of rotatable bonds is 3. The maximum atomic E-state index is 9.50. The van der Waals surface area contributed by atoms with Crippen LogP contribution >= 0.6 is 0 Å². The van der Waals surface area contributed by atoms with Crippen molar-refractivity contribution in [3.63, 3.8) is 0 Å². The summed E-state index contributed by atoms with van der Waals surface area (Å²) in [4.78, 5) is 9.50. The first-order valence-corrected chi connectivity index (χ1v) is 2.03. The lowest BCUT2D eigenvalue weighted by Crippen LogP contribution is -2.11. The second-order valence-corrected chi connectivity index (χ2v) is 1.24. The number of carbonyl (C=O) groups is 1. The Kier molecular flexibility index (Phi) is 3.55. The molecular formula is C4H8O3. The first-order chi connectivity index (χ1) is 3.31. The average Bonchev–Trinajstić information content (AvgIpc) is 1.68. The zero-order valence-corrected chi connectivity index (χ0v) is 3.87. The van der Waals surface area contributed by atoms with Crippen molar-refractivity contribution in [1.29, 1.82) is 0 Å². The van der Waals surface area contributed by atoms with Gasteiger partial charge in [-0.15, -0.1) is 0 Å². The molecule has 0 aromatic rings. The topological polar surface area (TPSA) is 57.5 Å². The SMILES string of the molecule is O=CC[C@@H](O)CO. The molecule has 42 valence electrons. The van der Waals surface area contributed by atoms with Gasteiger partial charge in [-0.2, -0.15) is 0 Å². The summed E-state index contributed by atoms with van der Waals surface area (Å²) in [6.45, 7) is -0.335. The summed E-state index contributed by atoms with van der Waals surface area (Å²) in [5, 5.41) is 16.4. The Morgan fingerprint density at radius 2 is 2.29 bits per heavy atom. The van der Waals surface area contributed by atoms with Crippen molar-refractivity contribution in [2.75, 3.05) is 6.61 Å². The molecule has 0 aromatic carbocycles. The summed E-state index contributed by atoms with van der Waals surface area (Å²) >= 11 is 0. The van der Waals surface area contributed by atoms with Gasteiger partial charge in [-0.3, -0.25) is 0 Å². The number of aliphatic hydroxyl groups excluding tert-OH is 2. The van der Waals surface area contributed by atoms with Crippen molar-refractivity contribution in [3.05, 3.63) is 0 Å². The highest BCUT2D eigenvalue weighted by Crippen LogP contribution is 1.81. The van der Waals surface area contributed by atoms with Crippen LogP contribution < -0.4 is 0 Å². The van der Waals surface area contributed by atoms with Gasteiger partial charge in [0, 0.05) is 6.42 Å². The minimum atomic E-state index is -0.863. The van der Waals surface area contributed by atoms with Crippen LogP contribution in [0.1, 0.15) is 6.42 Å². The van der Waals surface area contributed by atoms with Crippen LogP contribution in [0.25, 0.3) is 0 Å². The van der Waals surface area contributed by atoms with E-state index in [4.69, 9.17) is 10.2 Å². The summed E-state index contributed by atoms with van der Waals surface area (Å²) in [6, 6.07) is 0. The molecule has 0 unspecified atom stereocenters. The fraction of sp³-hybridized carbons (Fsp3) is 0.750. The molecule has 0 aromatic heterocycles. The lowest BCUT2D eigenvalue weighted by molar-refractivity contribution is -0.110. The predicted molar refractivity (Wildman–Crippen MR) is 23.8 cm³/mol. The normalized spacial score (nSPS) is 13.4. The van der Waals surface area contributed by atoms with Crippen LogP contribution in [-0.4, -0.2) is 29.2 Å². The average molecular weight is 104 g/mol. The monoisotopic (exact) mass is 104 g/mol. The van der Waals surface area contributed by atoms with Gasteiger partial charge in [-0.25, -0.2) is 0 Å². The molecule has 0 radical (unpaired) electrons. The Morgan fingerprint density at radius 3 is 2.43 bits per heavy atom. The second-order valence-electron chi connectivity index (χ2n) is 1.24. The van der Waals surface area contributed by atoms with Crippen molar-refractivity contribution in [1.82, 2.24) is 0 Å². The number of hydrogen-bond acceptors (Lipinski definition) is 3. The Labute approximate surface area is 41.6 Å². The number of aldehydes is 1. The Bertz CT molecular complexity index is 52.9. The molecule has 0 spiro atoms. The number of aliphatic hydroxyl groups is 2. The lowest BCUT2D eigenvalue weighted by atomic mass is 10.3. The molecular weight excluding hydrogens is 96.0 g/mol. The summed E-state index contributed by atoms with van der Waals surface area (Å²) in [5.41, 5.74) is 0. The van der Waals surface area contributed by atoms with Gasteiger partial charge in [0.1, 0.15) is 6.29 Å². The van der Waals surface area contributed by atoms with Crippen LogP contribution in [0.15, 0.2) is 0 Å². The highest BCUT2D eigenvalue weighted by atomic mass is 16.3. The zero-order valence-electron chi connectivity index (χ0n) is 3.87. The van der Waals surface area contributed by atoms with Gasteiger partial charge in [-0.05, 0) is 0 Å². The fourth-order valence-corrected chi connectivity index (χ4v) is 0.186. The van der Waals surface area contributed by atoms with Crippen LogP contribution in [0.5, 0.6) is 0 Å². The van der Waals surface area contributed by atoms with Crippen LogP contribution in [0.4, 0.5) is 0 Å². The Morgan fingerprint density at radius 1 is 1.71 bits per heavy atom. The van der Waals surface area contributed by atoms with Gasteiger partial charge in [0.05, 0.1) is 12.7 Å². The quantitative estimate of drug-likeness (QED) is 0.448. The number of hydrogen-bond donors (Lipinski definition) is 2. The van der Waals surface area contributed by atoms with E-state index >= 15 is 0 Å². The maximum Gasteiger partial charge on any atom is 0.122 e. The molecule has 0 aliphatic rings. The molecule has 0 heterocycles. The predicted octanol–water partition coefficient (Wildman–Crippen LogP) is -1.07. The Hall–Kier alpha value is -0.410. The van der Waals surface area contributed by atoms with E-state index in [0.717, 1.165) is 0 Å². The van der Waals surface area contributed by atoms with Crippen LogP contribution in [0, 0.1) is 0 Å². The maximum absolute atomic E-state index is 9.50. The molecule has 3 nitrogen and oxygen atoms in total. The van der Waals surface area contributed by atoms with Crippen molar-refractivity contribution in [2.45, 2.75) is 12.5 Å². The minimum absolute atomic E-state index is 0.0243. The molecule has 0 saturated heterocycles. The first-order valence-electron chi connectivity index (χ1n) is 2.03. The van der Waals surface area contributed by atoms with E-state index in [1.807, 2.05) is 0 Å². The summed E-state index contributed by atoms with van der Waals surface area (Å²) in [6.07, 6.45) is -0.269. The molecule has 0 saturated carbocycles. The van der Waals surface area contributed by atoms with Crippen molar-refractivity contribution >= 4 is 6.29 Å². The zero-order chi connectivity index (χ0) is 5.70. The molecule has 0 aliphatic heterocycles. The summed E-state index contributed by atoms with van der Waals surface area (Å²) in [5.74, 6) is 0. The highest BCUT2D eigenvalue weighted by molar-refractivity contribution is 5.49. The van der Waals surface area contributed by atoms with Crippen molar-refractivity contribution in [3.8, 4) is 0 Å². The fourth-order valence-electron chi connectivity index (χ4n) is 0.186. The van der Waals surface area contributed by atoms with Gasteiger partial charge < -0.3 is 15.0 Å². The standard InChI is InChI=1S/C4H8O3/c5-2-1-4(7)3-6/h2,4,6-7H,1,3H2/t4-/m1/s1. The van der Waals surface area contributed by atoms with Gasteiger partial charge in [0.15, 0.2) is 0 Å². The molecule has 3 heteroatoms. The van der Waals surface area contributed by atoms with E-state index in [2.05, 4.69) is 0 Å². The summed E-state index contributed by atoms with van der Waals surface area (Å²) < 4.78 is 0. The molecule has 0 bridgehead atoms. The lowest BCUT2D eigenvalue weighted by Gasteiger charge is -1.96. The molecule has 1 atom stereocenters. The second kappa shape index (κ2) is 3.77. The van der Waals surface area contributed by atoms with Crippen molar-refractivity contribution < 1.29 is 15.0 Å². The number of carbonyl (C=O) groups excluding carboxylic acids is 1. The van der Waals surface area contributed by atoms with Gasteiger partial charge in [0.25, 0.3) is 0 Å². The van der Waals surface area contributed by atoms with E-state index in [1.54, 1.807) is 0 Å². The molecule has 0 rings (SSSR count). The van der Waals surface area contributed by atoms with E-state index in [0.29, 0.717) is 6.29 Å². The van der Waals surface area contributed by atoms with E-state index < -0.39 is 6.10 Å². The van der Waals surface area contributed by atoms with E-state index in [9.17, 15) is 4.79 Å². The van der Waals surface area contributed by atoms with Gasteiger partial charge >= 0.3 is 0 Å². The molecule has 7 heavy (non-hydrogen) atoms. The molecule has 0 amide bonds. The van der Waals surface area contributed by atoms with Crippen LogP contribution in [0.3, 0.4) is 0 Å². The van der Waals surface area contributed by atoms with Crippen molar-refractivity contribution in [2.24, 2.45) is 0 Å². The molecule has 2 N–H and O–H groups in total. The third-order valence-corrected chi connectivity index (χ3v) is 0.579. The first kappa shape index (κ1) is 6.59. The van der Waals surface area contributed by atoms with E-state index in [-0.39, 0.29) is 13.0 Å². The van der Waals surface area contributed by atoms with E-state index in [1.165, 1.54) is 0 Å². The van der Waals surface area contributed by atoms with Crippen LogP contribution in [-0.2, 0) is 4.79 Å². The molecule has 0 aliphatic carbocycles. The minimum Gasteiger partial charge on any atom is -0.394 e. The van der Waals surface area contributed by atoms with Crippen LogP contribution in [0.2, 0.25) is 0 Å². The smallest absolute Gasteiger partial charge is 0.122 e. The third kappa shape index (κ3) is 3.42. The summed E-state index contributed by atoms with van der Waals surface area (Å²) in [7, 11) is 0. The third-order valence-electron chi connectivity index (χ3n) is 0.579. The highest BCUT2D eigenvalue weighted by Gasteiger charge is 1.96. The van der Waals surface area contributed by atoms with Gasteiger partial charge in [0.2, 0.25) is 0 Å². The molecule has 0 fully saturated rings. The van der Waals surface area contributed by atoms with Gasteiger partial charge in [-0.1, -0.05) is 0 Å².